The molecule has 3 aromatic rings. The summed E-state index contributed by atoms with van der Waals surface area (Å²) in [6.07, 6.45) is 0. The Balaban J connectivity index is 1.95. The molecule has 0 spiro atoms. The van der Waals surface area contributed by atoms with Gasteiger partial charge in [0.2, 0.25) is 5.91 Å². The van der Waals surface area contributed by atoms with E-state index in [0.29, 0.717) is 11.7 Å². The molecule has 146 valence electrons. The van der Waals surface area contributed by atoms with Crippen LogP contribution in [0.1, 0.15) is 19.4 Å². The average Bonchev–Trinajstić information content (AvgIpc) is 3.29. The minimum Gasteiger partial charge on any atom is -0.351 e. The van der Waals surface area contributed by atoms with E-state index in [-0.39, 0.29) is 5.92 Å². The maximum absolute atomic E-state index is 12.4. The van der Waals surface area contributed by atoms with E-state index in [4.69, 9.17) is 5.73 Å². The van der Waals surface area contributed by atoms with Crippen LogP contribution in [0, 0.1) is 5.92 Å². The van der Waals surface area contributed by atoms with Gasteiger partial charge in [-0.15, -0.1) is 21.5 Å². The number of imide groups is 1. The molecule has 3 N–H and O–H groups in total. The standard InChI is InChI=1S/C19H21N5O2S2/c1-12(2)15(17(25)21-18(20)26)28-19-23-22-16(14-9-6-10-27-14)24(19)11-13-7-4-3-5-8-13/h3-10,12,15H,11H2,1-2H3,(H3,20,21,25,26). The monoisotopic (exact) mass is 415 g/mol. The quantitative estimate of drug-likeness (QED) is 0.576. The van der Waals surface area contributed by atoms with E-state index in [1.165, 1.54) is 11.8 Å². The van der Waals surface area contributed by atoms with E-state index < -0.39 is 17.2 Å². The fourth-order valence-electron chi connectivity index (χ4n) is 2.67. The van der Waals surface area contributed by atoms with Crippen molar-refractivity contribution in [2.75, 3.05) is 0 Å². The minimum atomic E-state index is -0.860. The first-order chi connectivity index (χ1) is 13.5. The third-order valence-corrected chi connectivity index (χ3v) is 6.38. The van der Waals surface area contributed by atoms with Crippen LogP contribution in [0.2, 0.25) is 0 Å². The van der Waals surface area contributed by atoms with Gasteiger partial charge in [0.15, 0.2) is 11.0 Å². The summed E-state index contributed by atoms with van der Waals surface area (Å²) >= 11 is 2.87. The maximum Gasteiger partial charge on any atom is 0.318 e. The number of hydrogen-bond acceptors (Lipinski definition) is 6. The first-order valence-electron chi connectivity index (χ1n) is 8.73. The summed E-state index contributed by atoms with van der Waals surface area (Å²) in [5.74, 6) is 0.287. The molecular formula is C19H21N5O2S2. The van der Waals surface area contributed by atoms with Crippen LogP contribution in [0.3, 0.4) is 0 Å². The number of urea groups is 1. The zero-order chi connectivity index (χ0) is 20.1. The second-order valence-corrected chi connectivity index (χ2v) is 8.55. The molecule has 7 nitrogen and oxygen atoms in total. The number of nitrogens with one attached hydrogen (secondary N) is 1. The van der Waals surface area contributed by atoms with E-state index in [1.54, 1.807) is 11.3 Å². The number of aromatic nitrogens is 3. The molecule has 1 aromatic carbocycles. The maximum atomic E-state index is 12.4. The Bertz CT molecular complexity index is 939. The molecule has 0 saturated carbocycles. The Morgan fingerprint density at radius 3 is 2.54 bits per heavy atom. The third kappa shape index (κ3) is 4.79. The van der Waals surface area contributed by atoms with Gasteiger partial charge in [0, 0.05) is 0 Å². The number of hydrogen-bond donors (Lipinski definition) is 2. The summed E-state index contributed by atoms with van der Waals surface area (Å²) in [7, 11) is 0. The van der Waals surface area contributed by atoms with Gasteiger partial charge >= 0.3 is 6.03 Å². The third-order valence-electron chi connectivity index (χ3n) is 3.98. The normalized spacial score (nSPS) is 12.1. The lowest BCUT2D eigenvalue weighted by atomic mass is 10.1. The number of nitrogens with zero attached hydrogens (tertiary/aromatic N) is 3. The molecule has 0 radical (unpaired) electrons. The summed E-state index contributed by atoms with van der Waals surface area (Å²) in [6, 6.07) is 13.1. The predicted octanol–water partition coefficient (Wildman–Crippen LogP) is 3.37. The lowest BCUT2D eigenvalue weighted by Gasteiger charge is -2.19. The van der Waals surface area contributed by atoms with Crippen LogP contribution >= 0.6 is 23.1 Å². The summed E-state index contributed by atoms with van der Waals surface area (Å²) in [5, 5.41) is 13.0. The number of carbonyl (C=O) groups excluding carboxylic acids is 2. The molecule has 9 heteroatoms. The highest BCUT2D eigenvalue weighted by Gasteiger charge is 2.28. The summed E-state index contributed by atoms with van der Waals surface area (Å²) in [4.78, 5) is 24.5. The largest absolute Gasteiger partial charge is 0.351 e. The number of rotatable bonds is 7. The lowest BCUT2D eigenvalue weighted by Crippen LogP contribution is -2.42. The summed E-state index contributed by atoms with van der Waals surface area (Å²) in [5.41, 5.74) is 6.21. The highest BCUT2D eigenvalue weighted by atomic mass is 32.2. The van der Waals surface area contributed by atoms with Crippen LogP contribution in [-0.2, 0) is 11.3 Å². The molecule has 0 bridgehead atoms. The van der Waals surface area contributed by atoms with Gasteiger partial charge in [-0.3, -0.25) is 14.7 Å². The van der Waals surface area contributed by atoms with Gasteiger partial charge in [0.1, 0.15) is 0 Å². The lowest BCUT2D eigenvalue weighted by molar-refractivity contribution is -0.120. The number of carbonyl (C=O) groups is 2. The molecule has 1 unspecified atom stereocenters. The number of thiophene rings is 1. The average molecular weight is 416 g/mol. The number of nitrogens with two attached hydrogens (primary N) is 1. The van der Waals surface area contributed by atoms with Gasteiger partial charge in [0.05, 0.1) is 16.7 Å². The molecule has 0 aliphatic carbocycles. The number of thioether (sulfide) groups is 1. The van der Waals surface area contributed by atoms with Crippen LogP contribution in [-0.4, -0.2) is 32.0 Å². The molecular weight excluding hydrogens is 394 g/mol. The molecule has 2 aromatic heterocycles. The van der Waals surface area contributed by atoms with Crippen molar-refractivity contribution in [2.45, 2.75) is 30.8 Å². The van der Waals surface area contributed by atoms with Crippen molar-refractivity contribution in [3.8, 4) is 10.7 Å². The molecule has 0 aliphatic heterocycles. The van der Waals surface area contributed by atoms with Crippen LogP contribution in [0.5, 0.6) is 0 Å². The van der Waals surface area contributed by atoms with Crippen molar-refractivity contribution in [3.05, 3.63) is 53.4 Å². The fraction of sp³-hybridized carbons (Fsp3) is 0.263. The zero-order valence-electron chi connectivity index (χ0n) is 15.5. The second kappa shape index (κ2) is 9.03. The molecule has 3 rings (SSSR count). The molecule has 0 aliphatic rings. The fourth-order valence-corrected chi connectivity index (χ4v) is 4.42. The molecule has 0 saturated heterocycles. The van der Waals surface area contributed by atoms with Gasteiger partial charge in [-0.2, -0.15) is 0 Å². The zero-order valence-corrected chi connectivity index (χ0v) is 17.2. The van der Waals surface area contributed by atoms with Gasteiger partial charge < -0.3 is 5.73 Å². The molecule has 1 atom stereocenters. The first-order valence-corrected chi connectivity index (χ1v) is 10.5. The summed E-state index contributed by atoms with van der Waals surface area (Å²) in [6.45, 7) is 4.40. The van der Waals surface area contributed by atoms with Crippen LogP contribution in [0.4, 0.5) is 4.79 Å². The molecule has 2 heterocycles. The van der Waals surface area contributed by atoms with Crippen molar-refractivity contribution in [2.24, 2.45) is 11.7 Å². The highest BCUT2D eigenvalue weighted by molar-refractivity contribution is 8.00. The first kappa shape index (κ1) is 20.1. The number of amides is 3. The van der Waals surface area contributed by atoms with Crippen molar-refractivity contribution in [3.63, 3.8) is 0 Å². The predicted molar refractivity (Wildman–Crippen MR) is 111 cm³/mol. The van der Waals surface area contributed by atoms with Crippen molar-refractivity contribution in [1.82, 2.24) is 20.1 Å². The Kier molecular flexibility index (Phi) is 6.48. The van der Waals surface area contributed by atoms with Crippen LogP contribution < -0.4 is 11.1 Å². The van der Waals surface area contributed by atoms with Crippen molar-refractivity contribution >= 4 is 35.0 Å². The van der Waals surface area contributed by atoms with Crippen LogP contribution in [0.15, 0.2) is 53.0 Å². The highest BCUT2D eigenvalue weighted by Crippen LogP contribution is 2.32. The Labute approximate surface area is 171 Å². The number of benzene rings is 1. The minimum absolute atomic E-state index is 0.0311. The summed E-state index contributed by atoms with van der Waals surface area (Å²) < 4.78 is 2.00. The van der Waals surface area contributed by atoms with E-state index in [9.17, 15) is 9.59 Å². The molecule has 3 amide bonds. The van der Waals surface area contributed by atoms with Gasteiger partial charge in [-0.1, -0.05) is 62.0 Å². The van der Waals surface area contributed by atoms with Gasteiger partial charge in [-0.05, 0) is 22.9 Å². The smallest absolute Gasteiger partial charge is 0.318 e. The van der Waals surface area contributed by atoms with Crippen LogP contribution in [0.25, 0.3) is 10.7 Å². The van der Waals surface area contributed by atoms with Gasteiger partial charge in [-0.25, -0.2) is 4.79 Å². The van der Waals surface area contributed by atoms with E-state index in [0.717, 1.165) is 16.3 Å². The second-order valence-electron chi connectivity index (χ2n) is 6.49. The van der Waals surface area contributed by atoms with Gasteiger partial charge in [0.25, 0.3) is 0 Å². The number of primary amides is 1. The van der Waals surface area contributed by atoms with Crippen molar-refractivity contribution in [1.29, 1.82) is 0 Å². The van der Waals surface area contributed by atoms with E-state index in [1.807, 2.05) is 66.3 Å². The van der Waals surface area contributed by atoms with Crippen molar-refractivity contribution < 1.29 is 9.59 Å². The SMILES string of the molecule is CC(C)C(Sc1nnc(-c2cccs2)n1Cc1ccccc1)C(=O)NC(N)=O. The van der Waals surface area contributed by atoms with E-state index >= 15 is 0 Å². The Hall–Kier alpha value is -2.65. The topological polar surface area (TPSA) is 103 Å². The molecule has 28 heavy (non-hydrogen) atoms. The van der Waals surface area contributed by atoms with E-state index in [2.05, 4.69) is 15.5 Å². The Morgan fingerprint density at radius 2 is 1.93 bits per heavy atom. The molecule has 0 fully saturated rings. The Morgan fingerprint density at radius 1 is 1.18 bits per heavy atom.